The average Bonchev–Trinajstić information content (AvgIpc) is 2.83. The number of likely N-dealkylation sites (tertiary alicyclic amines) is 1. The number of halogens is 1. The second-order valence-corrected chi connectivity index (χ2v) is 6.40. The van der Waals surface area contributed by atoms with Gasteiger partial charge in [0.05, 0.1) is 6.04 Å². The number of hydrogen-bond acceptors (Lipinski definition) is 5. The molecule has 1 amide bonds. The maximum Gasteiger partial charge on any atom is 0.410 e. The van der Waals surface area contributed by atoms with Crippen LogP contribution in [0.15, 0.2) is 12.3 Å². The number of carbonyl (C=O) groups is 1. The van der Waals surface area contributed by atoms with Crippen LogP contribution in [0.4, 0.5) is 10.6 Å². The number of ether oxygens (including phenoxy) is 1. The fourth-order valence-corrected chi connectivity index (χ4v) is 2.41. The van der Waals surface area contributed by atoms with Crippen LogP contribution in [0.3, 0.4) is 0 Å². The summed E-state index contributed by atoms with van der Waals surface area (Å²) in [6.45, 7) is 6.96. The maximum absolute atomic E-state index is 12.2. The highest BCUT2D eigenvalue weighted by Gasteiger charge is 2.31. The molecule has 2 heterocycles. The summed E-state index contributed by atoms with van der Waals surface area (Å²) < 4.78 is 5.44. The third-order valence-electron chi connectivity index (χ3n) is 3.15. The predicted molar refractivity (Wildman–Crippen MR) is 81.5 cm³/mol. The van der Waals surface area contributed by atoms with E-state index in [9.17, 15) is 4.79 Å². The van der Waals surface area contributed by atoms with Gasteiger partial charge in [-0.2, -0.15) is 0 Å². The van der Waals surface area contributed by atoms with Gasteiger partial charge in [-0.1, -0.05) is 0 Å². The van der Waals surface area contributed by atoms with E-state index in [1.165, 1.54) is 0 Å². The third kappa shape index (κ3) is 4.74. The summed E-state index contributed by atoms with van der Waals surface area (Å²) in [4.78, 5) is 21.8. The Morgan fingerprint density at radius 1 is 1.57 bits per heavy atom. The van der Waals surface area contributed by atoms with Crippen molar-refractivity contribution in [3.63, 3.8) is 0 Å². The number of amides is 1. The van der Waals surface area contributed by atoms with Crippen LogP contribution in [0.5, 0.6) is 0 Å². The molecule has 0 aromatic carbocycles. The maximum atomic E-state index is 12.2. The quantitative estimate of drug-likeness (QED) is 0.869. The van der Waals surface area contributed by atoms with Crippen molar-refractivity contribution in [2.75, 3.05) is 18.4 Å². The predicted octanol–water partition coefficient (Wildman–Crippen LogP) is 2.94. The SMILES string of the molecule is CC(C)(C)OC(=O)N1CCCC1CNc1ccnc(Cl)n1. The van der Waals surface area contributed by atoms with Crippen LogP contribution in [0, 0.1) is 0 Å². The molecule has 1 N–H and O–H groups in total. The Labute approximate surface area is 129 Å². The Morgan fingerprint density at radius 2 is 2.33 bits per heavy atom. The zero-order valence-corrected chi connectivity index (χ0v) is 13.4. The average molecular weight is 313 g/mol. The van der Waals surface area contributed by atoms with Crippen molar-refractivity contribution >= 4 is 23.5 Å². The van der Waals surface area contributed by atoms with Crippen molar-refractivity contribution in [2.45, 2.75) is 45.3 Å². The molecule has 1 aliphatic heterocycles. The van der Waals surface area contributed by atoms with E-state index in [1.807, 2.05) is 20.8 Å². The molecule has 2 rings (SSSR count). The zero-order valence-electron chi connectivity index (χ0n) is 12.6. The fourth-order valence-electron chi connectivity index (χ4n) is 2.26. The molecule has 0 saturated carbocycles. The van der Waals surface area contributed by atoms with Crippen molar-refractivity contribution in [3.05, 3.63) is 17.5 Å². The number of hydrogen-bond donors (Lipinski definition) is 1. The summed E-state index contributed by atoms with van der Waals surface area (Å²) in [6, 6.07) is 1.85. The van der Waals surface area contributed by atoms with Crippen molar-refractivity contribution < 1.29 is 9.53 Å². The van der Waals surface area contributed by atoms with E-state index in [1.54, 1.807) is 17.2 Å². The molecule has 116 valence electrons. The van der Waals surface area contributed by atoms with Crippen LogP contribution in [0.2, 0.25) is 5.28 Å². The van der Waals surface area contributed by atoms with E-state index in [4.69, 9.17) is 16.3 Å². The minimum Gasteiger partial charge on any atom is -0.444 e. The van der Waals surface area contributed by atoms with E-state index in [0.29, 0.717) is 12.4 Å². The van der Waals surface area contributed by atoms with Crippen molar-refractivity contribution in [1.29, 1.82) is 0 Å². The van der Waals surface area contributed by atoms with E-state index in [-0.39, 0.29) is 17.4 Å². The highest BCUT2D eigenvalue weighted by molar-refractivity contribution is 6.28. The molecule has 6 nitrogen and oxygen atoms in total. The number of nitrogens with one attached hydrogen (secondary N) is 1. The Morgan fingerprint density at radius 3 is 3.00 bits per heavy atom. The van der Waals surface area contributed by atoms with Gasteiger partial charge in [0.1, 0.15) is 11.4 Å². The molecule has 21 heavy (non-hydrogen) atoms. The number of aromatic nitrogens is 2. The summed E-state index contributed by atoms with van der Waals surface area (Å²) in [5.41, 5.74) is -0.474. The first-order valence-electron chi connectivity index (χ1n) is 7.07. The van der Waals surface area contributed by atoms with E-state index in [2.05, 4.69) is 15.3 Å². The summed E-state index contributed by atoms with van der Waals surface area (Å²) in [7, 11) is 0. The summed E-state index contributed by atoms with van der Waals surface area (Å²) >= 11 is 5.75. The van der Waals surface area contributed by atoms with Crippen LogP contribution >= 0.6 is 11.6 Å². The lowest BCUT2D eigenvalue weighted by atomic mass is 10.2. The zero-order chi connectivity index (χ0) is 15.5. The second kappa shape index (κ2) is 6.47. The van der Waals surface area contributed by atoms with Crippen LogP contribution in [0.25, 0.3) is 0 Å². The van der Waals surface area contributed by atoms with Gasteiger partial charge in [0.25, 0.3) is 0 Å². The summed E-state index contributed by atoms with van der Waals surface area (Å²) in [5, 5.41) is 3.39. The van der Waals surface area contributed by atoms with E-state index >= 15 is 0 Å². The fraction of sp³-hybridized carbons (Fsp3) is 0.643. The highest BCUT2D eigenvalue weighted by Crippen LogP contribution is 2.21. The molecule has 1 atom stereocenters. The lowest BCUT2D eigenvalue weighted by Gasteiger charge is -2.28. The van der Waals surface area contributed by atoms with Gasteiger partial charge < -0.3 is 15.0 Å². The molecule has 0 aliphatic carbocycles. The van der Waals surface area contributed by atoms with Crippen LogP contribution in [-0.4, -0.2) is 45.7 Å². The molecular weight excluding hydrogens is 292 g/mol. The smallest absolute Gasteiger partial charge is 0.410 e. The Bertz CT molecular complexity index is 504. The first-order chi connectivity index (χ1) is 9.85. The lowest BCUT2D eigenvalue weighted by molar-refractivity contribution is 0.0235. The molecule has 0 bridgehead atoms. The van der Waals surface area contributed by atoms with Crippen LogP contribution < -0.4 is 5.32 Å². The molecule has 1 aromatic rings. The molecule has 1 fully saturated rings. The molecular formula is C14H21ClN4O2. The minimum absolute atomic E-state index is 0.105. The number of rotatable bonds is 3. The van der Waals surface area contributed by atoms with Gasteiger partial charge in [-0.3, -0.25) is 0 Å². The third-order valence-corrected chi connectivity index (χ3v) is 3.33. The minimum atomic E-state index is -0.474. The lowest BCUT2D eigenvalue weighted by Crippen LogP contribution is -2.42. The van der Waals surface area contributed by atoms with Gasteiger partial charge in [-0.25, -0.2) is 14.8 Å². The Hall–Kier alpha value is -1.56. The molecule has 7 heteroatoms. The summed E-state index contributed by atoms with van der Waals surface area (Å²) in [6.07, 6.45) is 3.27. The second-order valence-electron chi connectivity index (χ2n) is 6.06. The number of nitrogens with zero attached hydrogens (tertiary/aromatic N) is 3. The van der Waals surface area contributed by atoms with Crippen molar-refractivity contribution in [1.82, 2.24) is 14.9 Å². The monoisotopic (exact) mass is 312 g/mol. The first kappa shape index (κ1) is 15.8. The Balaban J connectivity index is 1.91. The number of anilines is 1. The van der Waals surface area contributed by atoms with Gasteiger partial charge in [0, 0.05) is 19.3 Å². The largest absolute Gasteiger partial charge is 0.444 e. The molecule has 0 spiro atoms. The first-order valence-corrected chi connectivity index (χ1v) is 7.45. The molecule has 1 saturated heterocycles. The standard InChI is InChI=1S/C14H21ClN4O2/c1-14(2,3)21-13(20)19-8-4-5-10(19)9-17-11-6-7-16-12(15)18-11/h6-7,10H,4-5,8-9H2,1-3H3,(H,16,17,18). The van der Waals surface area contributed by atoms with Gasteiger partial charge >= 0.3 is 6.09 Å². The highest BCUT2D eigenvalue weighted by atomic mass is 35.5. The van der Waals surface area contributed by atoms with Crippen LogP contribution in [-0.2, 0) is 4.74 Å². The van der Waals surface area contributed by atoms with E-state index < -0.39 is 5.60 Å². The van der Waals surface area contributed by atoms with Crippen molar-refractivity contribution in [2.24, 2.45) is 0 Å². The van der Waals surface area contributed by atoms with Crippen molar-refractivity contribution in [3.8, 4) is 0 Å². The normalized spacial score (nSPS) is 18.7. The molecule has 0 radical (unpaired) electrons. The van der Waals surface area contributed by atoms with Crippen LogP contribution in [0.1, 0.15) is 33.6 Å². The van der Waals surface area contributed by atoms with Gasteiger partial charge in [-0.15, -0.1) is 0 Å². The number of carbonyl (C=O) groups excluding carboxylic acids is 1. The summed E-state index contributed by atoms with van der Waals surface area (Å²) in [5.74, 6) is 0.658. The Kier molecular flexibility index (Phi) is 4.88. The van der Waals surface area contributed by atoms with Gasteiger partial charge in [0.15, 0.2) is 0 Å². The van der Waals surface area contributed by atoms with Gasteiger partial charge in [0.2, 0.25) is 5.28 Å². The van der Waals surface area contributed by atoms with E-state index in [0.717, 1.165) is 19.4 Å². The molecule has 1 aromatic heterocycles. The molecule has 1 unspecified atom stereocenters. The topological polar surface area (TPSA) is 67.3 Å². The van der Waals surface area contributed by atoms with Gasteiger partial charge in [-0.05, 0) is 51.3 Å². The molecule has 1 aliphatic rings.